The molecule has 1 heterocycles. The number of nitrogens with one attached hydrogen (secondary N) is 2. The molecular formula is C15H19N3OS. The van der Waals surface area contributed by atoms with Crippen molar-refractivity contribution in [2.75, 3.05) is 18.1 Å². The molecule has 20 heavy (non-hydrogen) atoms. The maximum Gasteiger partial charge on any atom is 0.251 e. The molecule has 1 unspecified atom stereocenters. The van der Waals surface area contributed by atoms with Crippen molar-refractivity contribution in [1.82, 2.24) is 5.32 Å². The lowest BCUT2D eigenvalue weighted by Crippen LogP contribution is -2.18. The molecule has 0 aliphatic heterocycles. The van der Waals surface area contributed by atoms with Gasteiger partial charge in [0.25, 0.3) is 5.91 Å². The highest BCUT2D eigenvalue weighted by Gasteiger charge is 2.12. The third-order valence-electron chi connectivity index (χ3n) is 3.17. The monoisotopic (exact) mass is 289 g/mol. The van der Waals surface area contributed by atoms with E-state index in [1.807, 2.05) is 12.1 Å². The maximum atomic E-state index is 11.6. The Morgan fingerprint density at radius 2 is 2.20 bits per heavy atom. The van der Waals surface area contributed by atoms with E-state index in [1.165, 1.54) is 4.88 Å². The van der Waals surface area contributed by atoms with Crippen LogP contribution >= 0.6 is 11.3 Å². The van der Waals surface area contributed by atoms with Crippen molar-refractivity contribution in [1.29, 1.82) is 0 Å². The lowest BCUT2D eigenvalue weighted by Gasteiger charge is -2.18. The van der Waals surface area contributed by atoms with Crippen LogP contribution in [0.25, 0.3) is 0 Å². The minimum atomic E-state index is -0.131. The molecule has 0 saturated carbocycles. The standard InChI is InChI=1S/C15H19N3OS/c1-3-12(14-5-4-8-20-14)18-13-7-6-10(9-11(13)16)15(19)17-2/h4-9,12,18H,3,16H2,1-2H3,(H,17,19). The van der Waals surface area contributed by atoms with Crippen LogP contribution in [0.2, 0.25) is 0 Å². The van der Waals surface area contributed by atoms with Gasteiger partial charge in [-0.25, -0.2) is 0 Å². The maximum absolute atomic E-state index is 11.6. The van der Waals surface area contributed by atoms with Crippen LogP contribution in [0.1, 0.15) is 34.6 Å². The van der Waals surface area contributed by atoms with Gasteiger partial charge in [-0.3, -0.25) is 4.79 Å². The zero-order valence-corrected chi connectivity index (χ0v) is 12.5. The average molecular weight is 289 g/mol. The number of hydrogen-bond donors (Lipinski definition) is 3. The Kier molecular flexibility index (Phi) is 4.63. The smallest absolute Gasteiger partial charge is 0.251 e. The van der Waals surface area contributed by atoms with Gasteiger partial charge in [0.15, 0.2) is 0 Å². The number of thiophene rings is 1. The van der Waals surface area contributed by atoms with Gasteiger partial charge >= 0.3 is 0 Å². The summed E-state index contributed by atoms with van der Waals surface area (Å²) in [6.45, 7) is 2.13. The van der Waals surface area contributed by atoms with Gasteiger partial charge in [0, 0.05) is 17.5 Å². The summed E-state index contributed by atoms with van der Waals surface area (Å²) in [6, 6.07) is 9.73. The van der Waals surface area contributed by atoms with Crippen molar-refractivity contribution in [3.05, 3.63) is 46.2 Å². The molecule has 0 spiro atoms. The molecule has 1 aromatic carbocycles. The Bertz CT molecular complexity index is 581. The summed E-state index contributed by atoms with van der Waals surface area (Å²) in [5, 5.41) is 8.09. The number of anilines is 2. The molecule has 1 amide bonds. The third kappa shape index (κ3) is 3.11. The zero-order valence-electron chi connectivity index (χ0n) is 11.6. The number of benzene rings is 1. The lowest BCUT2D eigenvalue weighted by atomic mass is 10.1. The first-order chi connectivity index (χ1) is 9.65. The van der Waals surface area contributed by atoms with Gasteiger partial charge in [-0.1, -0.05) is 13.0 Å². The second kappa shape index (κ2) is 6.43. The van der Waals surface area contributed by atoms with Gasteiger partial charge in [-0.15, -0.1) is 11.3 Å². The summed E-state index contributed by atoms with van der Waals surface area (Å²) in [4.78, 5) is 12.8. The van der Waals surface area contributed by atoms with Crippen molar-refractivity contribution in [3.63, 3.8) is 0 Å². The quantitative estimate of drug-likeness (QED) is 0.740. The molecule has 2 aromatic rings. The van der Waals surface area contributed by atoms with E-state index in [4.69, 9.17) is 5.73 Å². The van der Waals surface area contributed by atoms with E-state index < -0.39 is 0 Å². The topological polar surface area (TPSA) is 67.2 Å². The van der Waals surface area contributed by atoms with Crippen LogP contribution in [0, 0.1) is 0 Å². The van der Waals surface area contributed by atoms with Gasteiger partial charge in [0.05, 0.1) is 17.4 Å². The van der Waals surface area contributed by atoms with Crippen LogP contribution in [0.3, 0.4) is 0 Å². The average Bonchev–Trinajstić information content (AvgIpc) is 2.99. The molecule has 1 aromatic heterocycles. The molecule has 4 N–H and O–H groups in total. The van der Waals surface area contributed by atoms with Crippen LogP contribution in [0.5, 0.6) is 0 Å². The van der Waals surface area contributed by atoms with E-state index in [1.54, 1.807) is 30.5 Å². The molecule has 5 heteroatoms. The van der Waals surface area contributed by atoms with Gasteiger partial charge < -0.3 is 16.4 Å². The molecule has 4 nitrogen and oxygen atoms in total. The molecule has 0 saturated heterocycles. The number of rotatable bonds is 5. The summed E-state index contributed by atoms with van der Waals surface area (Å²) in [6.07, 6.45) is 0.969. The van der Waals surface area contributed by atoms with E-state index in [0.717, 1.165) is 12.1 Å². The van der Waals surface area contributed by atoms with E-state index in [9.17, 15) is 4.79 Å². The highest BCUT2D eigenvalue weighted by atomic mass is 32.1. The number of hydrogen-bond acceptors (Lipinski definition) is 4. The van der Waals surface area contributed by atoms with Crippen LogP contribution in [0.4, 0.5) is 11.4 Å². The molecule has 0 aliphatic rings. The fraction of sp³-hybridized carbons (Fsp3) is 0.267. The second-order valence-electron chi connectivity index (χ2n) is 4.50. The minimum absolute atomic E-state index is 0.131. The Balaban J connectivity index is 2.19. The van der Waals surface area contributed by atoms with E-state index in [0.29, 0.717) is 11.3 Å². The van der Waals surface area contributed by atoms with E-state index in [2.05, 4.69) is 29.0 Å². The highest BCUT2D eigenvalue weighted by Crippen LogP contribution is 2.29. The summed E-state index contributed by atoms with van der Waals surface area (Å²) in [5.41, 5.74) is 8.04. The predicted octanol–water partition coefficient (Wildman–Crippen LogP) is 3.25. The summed E-state index contributed by atoms with van der Waals surface area (Å²) in [7, 11) is 1.61. The Morgan fingerprint density at radius 3 is 2.75 bits per heavy atom. The van der Waals surface area contributed by atoms with Crippen molar-refractivity contribution in [3.8, 4) is 0 Å². The number of amides is 1. The summed E-state index contributed by atoms with van der Waals surface area (Å²) < 4.78 is 0. The molecule has 0 radical (unpaired) electrons. The Hall–Kier alpha value is -2.01. The molecule has 106 valence electrons. The molecule has 1 atom stereocenters. The SMILES string of the molecule is CCC(Nc1ccc(C(=O)NC)cc1N)c1cccs1. The van der Waals surface area contributed by atoms with E-state index >= 15 is 0 Å². The van der Waals surface area contributed by atoms with Gasteiger partial charge in [0.1, 0.15) is 0 Å². The van der Waals surface area contributed by atoms with Gasteiger partial charge in [-0.2, -0.15) is 0 Å². The van der Waals surface area contributed by atoms with Crippen molar-refractivity contribution >= 4 is 28.6 Å². The van der Waals surface area contributed by atoms with E-state index in [-0.39, 0.29) is 11.9 Å². The lowest BCUT2D eigenvalue weighted by molar-refractivity contribution is 0.0963. The highest BCUT2D eigenvalue weighted by molar-refractivity contribution is 7.10. The first kappa shape index (κ1) is 14.4. The molecule has 0 aliphatic carbocycles. The molecule has 0 bridgehead atoms. The Morgan fingerprint density at radius 1 is 1.40 bits per heavy atom. The van der Waals surface area contributed by atoms with Crippen LogP contribution in [-0.4, -0.2) is 13.0 Å². The van der Waals surface area contributed by atoms with Gasteiger partial charge in [0.2, 0.25) is 0 Å². The number of nitrogen functional groups attached to an aromatic ring is 1. The van der Waals surface area contributed by atoms with Crippen molar-refractivity contribution in [2.24, 2.45) is 0 Å². The molecule has 0 fully saturated rings. The van der Waals surface area contributed by atoms with Crippen molar-refractivity contribution in [2.45, 2.75) is 19.4 Å². The normalized spacial score (nSPS) is 11.9. The third-order valence-corrected chi connectivity index (χ3v) is 4.15. The first-order valence-corrected chi connectivity index (χ1v) is 7.45. The largest absolute Gasteiger partial charge is 0.397 e. The van der Waals surface area contributed by atoms with Crippen LogP contribution in [-0.2, 0) is 0 Å². The number of nitrogens with two attached hydrogens (primary N) is 1. The second-order valence-corrected chi connectivity index (χ2v) is 5.48. The van der Waals surface area contributed by atoms with Crippen LogP contribution in [0.15, 0.2) is 35.7 Å². The number of carbonyl (C=O) groups excluding carboxylic acids is 1. The number of carbonyl (C=O) groups is 1. The fourth-order valence-corrected chi connectivity index (χ4v) is 2.89. The fourth-order valence-electron chi connectivity index (χ4n) is 2.03. The molecule has 2 rings (SSSR count). The predicted molar refractivity (Wildman–Crippen MR) is 85.2 cm³/mol. The Labute approximate surface area is 123 Å². The summed E-state index contributed by atoms with van der Waals surface area (Å²) in [5.74, 6) is -0.131. The summed E-state index contributed by atoms with van der Waals surface area (Å²) >= 11 is 1.72. The molecular weight excluding hydrogens is 270 g/mol. The minimum Gasteiger partial charge on any atom is -0.397 e. The van der Waals surface area contributed by atoms with Crippen LogP contribution < -0.4 is 16.4 Å². The zero-order chi connectivity index (χ0) is 14.5. The van der Waals surface area contributed by atoms with Gasteiger partial charge in [-0.05, 0) is 36.1 Å². The van der Waals surface area contributed by atoms with Crippen molar-refractivity contribution < 1.29 is 4.79 Å². The first-order valence-electron chi connectivity index (χ1n) is 6.57.